The monoisotopic (exact) mass is 350 g/mol. The minimum absolute atomic E-state index is 0.0744. The summed E-state index contributed by atoms with van der Waals surface area (Å²) in [6, 6.07) is 7.58. The number of benzene rings is 1. The number of nitrogens with zero attached hydrogens (tertiary/aromatic N) is 1. The first-order valence-corrected chi connectivity index (χ1v) is 9.00. The molecule has 4 nitrogen and oxygen atoms in total. The largest absolute Gasteiger partial charge is 0.355 e. The molecule has 1 aromatic carbocycles. The molecule has 1 aliphatic rings. The summed E-state index contributed by atoms with van der Waals surface area (Å²) in [5.74, 6) is 0.367. The quantitative estimate of drug-likeness (QED) is 0.828. The van der Waals surface area contributed by atoms with E-state index in [1.165, 1.54) is 0 Å². The second-order valence-corrected chi connectivity index (χ2v) is 7.67. The molecule has 24 heavy (non-hydrogen) atoms. The standard InChI is InChI=1S/C19H27ClN2O2/c1-14-8-11-22(12-9-14)18(24)19(2,3)17(23)21-10-7-15-5-4-6-16(20)13-15/h4-6,13-14H,7-12H2,1-3H3,(H,21,23). The molecular weight excluding hydrogens is 324 g/mol. The zero-order chi connectivity index (χ0) is 17.7. The fourth-order valence-corrected chi connectivity index (χ4v) is 3.15. The van der Waals surface area contributed by atoms with Gasteiger partial charge >= 0.3 is 0 Å². The van der Waals surface area contributed by atoms with Crippen molar-refractivity contribution in [1.82, 2.24) is 10.2 Å². The fourth-order valence-electron chi connectivity index (χ4n) is 2.94. The molecule has 0 radical (unpaired) electrons. The number of amides is 2. The molecule has 1 heterocycles. The van der Waals surface area contributed by atoms with Crippen molar-refractivity contribution < 1.29 is 9.59 Å². The summed E-state index contributed by atoms with van der Waals surface area (Å²) in [6.07, 6.45) is 2.72. The van der Waals surface area contributed by atoms with Crippen molar-refractivity contribution in [3.8, 4) is 0 Å². The van der Waals surface area contributed by atoms with Gasteiger partial charge in [0.05, 0.1) is 0 Å². The Hall–Kier alpha value is -1.55. The molecule has 0 bridgehead atoms. The van der Waals surface area contributed by atoms with Crippen LogP contribution in [0.3, 0.4) is 0 Å². The van der Waals surface area contributed by atoms with E-state index in [0.29, 0.717) is 23.9 Å². The average molecular weight is 351 g/mol. The summed E-state index contributed by atoms with van der Waals surface area (Å²) < 4.78 is 0. The van der Waals surface area contributed by atoms with E-state index < -0.39 is 5.41 Å². The van der Waals surface area contributed by atoms with E-state index in [1.54, 1.807) is 13.8 Å². The topological polar surface area (TPSA) is 49.4 Å². The van der Waals surface area contributed by atoms with Gasteiger partial charge in [0, 0.05) is 24.7 Å². The van der Waals surface area contributed by atoms with Gasteiger partial charge in [-0.3, -0.25) is 9.59 Å². The Morgan fingerprint density at radius 2 is 1.96 bits per heavy atom. The number of hydrogen-bond acceptors (Lipinski definition) is 2. The summed E-state index contributed by atoms with van der Waals surface area (Å²) >= 11 is 5.96. The SMILES string of the molecule is CC1CCN(C(=O)C(C)(C)C(=O)NCCc2cccc(Cl)c2)CC1. The van der Waals surface area contributed by atoms with E-state index in [0.717, 1.165) is 31.5 Å². The highest BCUT2D eigenvalue weighted by Gasteiger charge is 2.39. The van der Waals surface area contributed by atoms with E-state index in [1.807, 2.05) is 29.2 Å². The third kappa shape index (κ3) is 4.73. The fraction of sp³-hybridized carbons (Fsp3) is 0.579. The molecule has 0 aromatic heterocycles. The van der Waals surface area contributed by atoms with Crippen molar-refractivity contribution >= 4 is 23.4 Å². The van der Waals surface area contributed by atoms with Gasteiger partial charge in [0.25, 0.3) is 0 Å². The molecule has 0 atom stereocenters. The summed E-state index contributed by atoms with van der Waals surface area (Å²) in [4.78, 5) is 27.0. The maximum absolute atomic E-state index is 12.7. The van der Waals surface area contributed by atoms with Crippen molar-refractivity contribution in [3.63, 3.8) is 0 Å². The van der Waals surface area contributed by atoms with Crippen LogP contribution in [0.15, 0.2) is 24.3 Å². The third-order valence-corrected chi connectivity index (χ3v) is 5.00. The lowest BCUT2D eigenvalue weighted by Crippen LogP contribution is -2.51. The van der Waals surface area contributed by atoms with Gasteiger partial charge in [-0.25, -0.2) is 0 Å². The van der Waals surface area contributed by atoms with Crippen LogP contribution in [0.4, 0.5) is 0 Å². The average Bonchev–Trinajstić information content (AvgIpc) is 2.55. The van der Waals surface area contributed by atoms with E-state index >= 15 is 0 Å². The van der Waals surface area contributed by atoms with Crippen molar-refractivity contribution in [2.75, 3.05) is 19.6 Å². The Kier molecular flexibility index (Phi) is 6.27. The van der Waals surface area contributed by atoms with Crippen LogP contribution in [0.1, 0.15) is 39.2 Å². The molecule has 5 heteroatoms. The number of likely N-dealkylation sites (tertiary alicyclic amines) is 1. The maximum atomic E-state index is 12.7. The zero-order valence-electron chi connectivity index (χ0n) is 14.8. The molecule has 1 saturated heterocycles. The molecule has 2 amide bonds. The number of rotatable bonds is 5. The Bertz CT molecular complexity index is 593. The van der Waals surface area contributed by atoms with Crippen LogP contribution in [-0.4, -0.2) is 36.3 Å². The van der Waals surface area contributed by atoms with Crippen molar-refractivity contribution in [2.24, 2.45) is 11.3 Å². The lowest BCUT2D eigenvalue weighted by Gasteiger charge is -2.35. The first-order chi connectivity index (χ1) is 11.3. The maximum Gasteiger partial charge on any atom is 0.237 e. The molecule has 1 aliphatic heterocycles. The molecule has 0 unspecified atom stereocenters. The van der Waals surface area contributed by atoms with Crippen molar-refractivity contribution in [3.05, 3.63) is 34.9 Å². The number of piperidine rings is 1. The number of hydrogen-bond donors (Lipinski definition) is 1. The highest BCUT2D eigenvalue weighted by molar-refractivity contribution is 6.30. The van der Waals surface area contributed by atoms with Gasteiger partial charge in [0.2, 0.25) is 11.8 Å². The van der Waals surface area contributed by atoms with E-state index in [-0.39, 0.29) is 11.8 Å². The Morgan fingerprint density at radius 1 is 1.29 bits per heavy atom. The molecule has 1 aromatic rings. The smallest absolute Gasteiger partial charge is 0.237 e. The molecule has 0 spiro atoms. The van der Waals surface area contributed by atoms with E-state index in [9.17, 15) is 9.59 Å². The molecule has 1 fully saturated rings. The van der Waals surface area contributed by atoms with Crippen molar-refractivity contribution in [2.45, 2.75) is 40.0 Å². The van der Waals surface area contributed by atoms with E-state index in [2.05, 4.69) is 12.2 Å². The highest BCUT2D eigenvalue weighted by Crippen LogP contribution is 2.24. The van der Waals surface area contributed by atoms with Gasteiger partial charge in [-0.2, -0.15) is 0 Å². The predicted octanol–water partition coefficient (Wildman–Crippen LogP) is 3.28. The predicted molar refractivity (Wildman–Crippen MR) is 96.9 cm³/mol. The zero-order valence-corrected chi connectivity index (χ0v) is 15.5. The number of carbonyl (C=O) groups excluding carboxylic acids is 2. The van der Waals surface area contributed by atoms with Crippen LogP contribution >= 0.6 is 11.6 Å². The molecule has 132 valence electrons. The van der Waals surface area contributed by atoms with Crippen LogP contribution in [0.25, 0.3) is 0 Å². The first-order valence-electron chi connectivity index (χ1n) is 8.63. The first kappa shape index (κ1) is 18.8. The number of halogens is 1. The van der Waals surface area contributed by atoms with Gasteiger partial charge in [-0.05, 0) is 56.7 Å². The lowest BCUT2D eigenvalue weighted by atomic mass is 9.88. The van der Waals surface area contributed by atoms with Crippen LogP contribution in [-0.2, 0) is 16.0 Å². The second kappa shape index (κ2) is 8.02. The van der Waals surface area contributed by atoms with Gasteiger partial charge in [0.15, 0.2) is 0 Å². The molecule has 0 saturated carbocycles. The van der Waals surface area contributed by atoms with Crippen LogP contribution in [0.2, 0.25) is 5.02 Å². The lowest BCUT2D eigenvalue weighted by molar-refractivity contribution is -0.149. The minimum Gasteiger partial charge on any atom is -0.355 e. The second-order valence-electron chi connectivity index (χ2n) is 7.24. The Labute approximate surface area is 149 Å². The molecule has 2 rings (SSSR count). The van der Waals surface area contributed by atoms with Gasteiger partial charge in [-0.1, -0.05) is 30.7 Å². The molecule has 1 N–H and O–H groups in total. The summed E-state index contributed by atoms with van der Waals surface area (Å²) in [7, 11) is 0. The Balaban J connectivity index is 1.86. The van der Waals surface area contributed by atoms with Crippen LogP contribution < -0.4 is 5.32 Å². The third-order valence-electron chi connectivity index (χ3n) is 4.76. The summed E-state index contributed by atoms with van der Waals surface area (Å²) in [5.41, 5.74) is 0.0338. The van der Waals surface area contributed by atoms with Gasteiger partial charge < -0.3 is 10.2 Å². The minimum atomic E-state index is -1.03. The van der Waals surface area contributed by atoms with Crippen molar-refractivity contribution in [1.29, 1.82) is 0 Å². The number of carbonyl (C=O) groups is 2. The van der Waals surface area contributed by atoms with Crippen LogP contribution in [0.5, 0.6) is 0 Å². The van der Waals surface area contributed by atoms with E-state index in [4.69, 9.17) is 11.6 Å². The van der Waals surface area contributed by atoms with Gasteiger partial charge in [-0.15, -0.1) is 0 Å². The highest BCUT2D eigenvalue weighted by atomic mass is 35.5. The summed E-state index contributed by atoms with van der Waals surface area (Å²) in [5, 5.41) is 3.58. The molecule has 0 aliphatic carbocycles. The Morgan fingerprint density at radius 3 is 2.58 bits per heavy atom. The van der Waals surface area contributed by atoms with Crippen LogP contribution in [0, 0.1) is 11.3 Å². The number of nitrogens with one attached hydrogen (secondary N) is 1. The molecular formula is C19H27ClN2O2. The normalized spacial score (nSPS) is 16.1. The van der Waals surface area contributed by atoms with Gasteiger partial charge in [0.1, 0.15) is 5.41 Å². The summed E-state index contributed by atoms with van der Waals surface area (Å²) in [6.45, 7) is 7.62.